The maximum absolute atomic E-state index is 11.6. The Kier molecular flexibility index (Phi) is 6.18. The number of nitrogens with zero attached hydrogens (tertiary/aromatic N) is 2. The number of aryl methyl sites for hydroxylation is 3. The lowest BCUT2D eigenvalue weighted by Crippen LogP contribution is -2.34. The molecule has 33 heavy (non-hydrogen) atoms. The zero-order valence-corrected chi connectivity index (χ0v) is 20.9. The summed E-state index contributed by atoms with van der Waals surface area (Å²) in [6.45, 7) is 14.1. The van der Waals surface area contributed by atoms with E-state index in [1.54, 1.807) is 6.92 Å². The van der Waals surface area contributed by atoms with Crippen molar-refractivity contribution >= 4 is 17.9 Å². The first-order valence-electron chi connectivity index (χ1n) is 12.0. The van der Waals surface area contributed by atoms with Gasteiger partial charge in [-0.1, -0.05) is 76.2 Å². The third-order valence-corrected chi connectivity index (χ3v) is 7.26. The summed E-state index contributed by atoms with van der Waals surface area (Å²) < 4.78 is 2.04. The number of benzene rings is 2. The number of hydrogen-bond acceptors (Lipinski definition) is 2. The summed E-state index contributed by atoms with van der Waals surface area (Å²) in [6, 6.07) is 12.7. The summed E-state index contributed by atoms with van der Waals surface area (Å²) in [5.41, 5.74) is 9.02. The van der Waals surface area contributed by atoms with Gasteiger partial charge in [-0.25, -0.2) is 0 Å². The van der Waals surface area contributed by atoms with Crippen LogP contribution in [0.4, 0.5) is 0 Å². The van der Waals surface area contributed by atoms with Crippen LogP contribution in [0.1, 0.15) is 91.2 Å². The van der Waals surface area contributed by atoms with Gasteiger partial charge in [-0.15, -0.1) is 0 Å². The van der Waals surface area contributed by atoms with E-state index in [9.17, 15) is 4.79 Å². The third-order valence-electron chi connectivity index (χ3n) is 7.26. The summed E-state index contributed by atoms with van der Waals surface area (Å²) in [6.07, 6.45) is 11.8. The van der Waals surface area contributed by atoms with Crippen LogP contribution in [-0.2, 0) is 23.8 Å². The van der Waals surface area contributed by atoms with E-state index in [0.717, 1.165) is 24.1 Å². The minimum atomic E-state index is 0.0983. The van der Waals surface area contributed by atoms with Crippen LogP contribution in [0, 0.1) is 6.92 Å². The Morgan fingerprint density at radius 3 is 2.21 bits per heavy atom. The van der Waals surface area contributed by atoms with Gasteiger partial charge in [0.1, 0.15) is 0 Å². The lowest BCUT2D eigenvalue weighted by atomic mass is 9.62. The van der Waals surface area contributed by atoms with Crippen molar-refractivity contribution in [1.29, 1.82) is 0 Å². The summed E-state index contributed by atoms with van der Waals surface area (Å²) in [4.78, 5) is 11.6. The second-order valence-electron chi connectivity index (χ2n) is 10.9. The molecule has 0 unspecified atom stereocenters. The molecule has 0 saturated heterocycles. The molecule has 2 aromatic carbocycles. The van der Waals surface area contributed by atoms with Crippen molar-refractivity contribution in [3.8, 4) is 0 Å². The third kappa shape index (κ3) is 5.03. The molecular weight excluding hydrogens is 404 g/mol. The minimum Gasteiger partial charge on any atom is -0.295 e. The Morgan fingerprint density at radius 1 is 1.00 bits per heavy atom. The Hall–Kier alpha value is -2.94. The molecule has 0 N–H and O–H groups in total. The van der Waals surface area contributed by atoms with E-state index >= 15 is 0 Å². The molecule has 0 saturated carbocycles. The van der Waals surface area contributed by atoms with Gasteiger partial charge in [0.25, 0.3) is 0 Å². The monoisotopic (exact) mass is 440 g/mol. The highest BCUT2D eigenvalue weighted by atomic mass is 16.1. The molecule has 172 valence electrons. The maximum atomic E-state index is 11.6. The van der Waals surface area contributed by atoms with Crippen LogP contribution in [0.2, 0.25) is 0 Å². The topological polar surface area (TPSA) is 34.9 Å². The normalized spacial score (nSPS) is 16.7. The van der Waals surface area contributed by atoms with Gasteiger partial charge in [0.2, 0.25) is 0 Å². The van der Waals surface area contributed by atoms with Crippen molar-refractivity contribution < 1.29 is 4.79 Å². The number of carbonyl (C=O) groups is 1. The second-order valence-corrected chi connectivity index (χ2v) is 10.9. The molecule has 3 aromatic rings. The van der Waals surface area contributed by atoms with E-state index in [0.29, 0.717) is 0 Å². The Balaban J connectivity index is 1.73. The molecule has 1 aromatic heterocycles. The molecule has 1 aliphatic carbocycles. The van der Waals surface area contributed by atoms with Crippen molar-refractivity contribution in [1.82, 2.24) is 9.78 Å². The van der Waals surface area contributed by atoms with Crippen LogP contribution in [0.25, 0.3) is 12.2 Å². The van der Waals surface area contributed by atoms with Crippen LogP contribution < -0.4 is 0 Å². The van der Waals surface area contributed by atoms with Crippen LogP contribution in [0.3, 0.4) is 0 Å². The lowest BCUT2D eigenvalue weighted by molar-refractivity contribution is 0.101. The molecule has 4 rings (SSSR count). The Morgan fingerprint density at radius 2 is 1.64 bits per heavy atom. The standard InChI is InChI=1S/C30H36N2O/c1-21-19-31-32(20-21)16-13-26-18-28-27(29(3,4)14-15-30(28,5)6)17-25(26)12-9-23-7-10-24(11-8-23)22(2)33/h7-12,17-20H,13-16H2,1-6H3/b12-9+. The van der Waals surface area contributed by atoms with Crippen molar-refractivity contribution in [2.75, 3.05) is 0 Å². The fourth-order valence-electron chi connectivity index (χ4n) is 4.89. The SMILES string of the molecule is CC(=O)c1ccc(/C=C/c2cc3c(cc2CCn2cc(C)cn2)C(C)(C)CCC3(C)C)cc1. The van der Waals surface area contributed by atoms with Gasteiger partial charge in [-0.05, 0) is 77.3 Å². The number of aromatic nitrogens is 2. The number of hydrogen-bond donors (Lipinski definition) is 0. The molecule has 0 aliphatic heterocycles. The van der Waals surface area contributed by atoms with Gasteiger partial charge in [-0.3, -0.25) is 9.48 Å². The largest absolute Gasteiger partial charge is 0.295 e. The van der Waals surface area contributed by atoms with Gasteiger partial charge in [0.05, 0.1) is 6.20 Å². The molecule has 0 bridgehead atoms. The molecule has 0 fully saturated rings. The number of rotatable bonds is 6. The highest BCUT2D eigenvalue weighted by Crippen LogP contribution is 2.46. The van der Waals surface area contributed by atoms with Crippen molar-refractivity contribution in [2.24, 2.45) is 0 Å². The smallest absolute Gasteiger partial charge is 0.159 e. The highest BCUT2D eigenvalue weighted by Gasteiger charge is 2.37. The van der Waals surface area contributed by atoms with Crippen molar-refractivity contribution in [3.63, 3.8) is 0 Å². The quantitative estimate of drug-likeness (QED) is 0.301. The van der Waals surface area contributed by atoms with Crippen molar-refractivity contribution in [2.45, 2.75) is 78.2 Å². The predicted molar refractivity (Wildman–Crippen MR) is 138 cm³/mol. The lowest BCUT2D eigenvalue weighted by Gasteiger charge is -2.42. The first-order valence-corrected chi connectivity index (χ1v) is 12.0. The number of ketones is 1. The fraction of sp³-hybridized carbons (Fsp3) is 0.400. The van der Waals surface area contributed by atoms with Gasteiger partial charge >= 0.3 is 0 Å². The Labute approximate surface area is 198 Å². The van der Waals surface area contributed by atoms with Gasteiger partial charge in [0, 0.05) is 18.3 Å². The molecule has 0 spiro atoms. The van der Waals surface area contributed by atoms with E-state index in [1.807, 2.05) is 35.1 Å². The van der Waals surface area contributed by atoms with Gasteiger partial charge < -0.3 is 0 Å². The highest BCUT2D eigenvalue weighted by molar-refractivity contribution is 5.94. The predicted octanol–water partition coefficient (Wildman–Crippen LogP) is 7.16. The molecular formula is C30H36N2O. The van der Waals surface area contributed by atoms with Gasteiger partial charge in [0.15, 0.2) is 5.78 Å². The fourth-order valence-corrected chi connectivity index (χ4v) is 4.89. The molecule has 3 nitrogen and oxygen atoms in total. The van der Waals surface area contributed by atoms with Crippen LogP contribution in [-0.4, -0.2) is 15.6 Å². The Bertz CT molecular complexity index is 1190. The van der Waals surface area contributed by atoms with Crippen LogP contribution in [0.5, 0.6) is 0 Å². The van der Waals surface area contributed by atoms with E-state index in [2.05, 4.69) is 70.2 Å². The van der Waals surface area contributed by atoms with E-state index in [4.69, 9.17) is 0 Å². The molecule has 0 atom stereocenters. The van der Waals surface area contributed by atoms with E-state index in [-0.39, 0.29) is 16.6 Å². The molecule has 1 heterocycles. The average Bonchev–Trinajstić information content (AvgIpc) is 3.19. The van der Waals surface area contributed by atoms with Crippen molar-refractivity contribution in [3.05, 3.63) is 87.7 Å². The minimum absolute atomic E-state index is 0.0983. The molecule has 3 heteroatoms. The van der Waals surface area contributed by atoms with Gasteiger partial charge in [-0.2, -0.15) is 5.10 Å². The molecule has 0 radical (unpaired) electrons. The second kappa shape index (κ2) is 8.78. The zero-order valence-electron chi connectivity index (χ0n) is 20.9. The zero-order chi connectivity index (χ0) is 23.8. The van der Waals surface area contributed by atoms with Crippen LogP contribution >= 0.6 is 0 Å². The first-order chi connectivity index (χ1) is 15.5. The number of Topliss-reactive ketones (excluding diaryl/α,β-unsaturated/α-hetero) is 1. The summed E-state index contributed by atoms with van der Waals surface area (Å²) in [5.74, 6) is 0.0983. The molecule has 1 aliphatic rings. The van der Waals surface area contributed by atoms with E-state index in [1.165, 1.54) is 40.7 Å². The summed E-state index contributed by atoms with van der Waals surface area (Å²) in [5, 5.41) is 4.49. The molecule has 0 amide bonds. The number of carbonyl (C=O) groups excluding carboxylic acids is 1. The summed E-state index contributed by atoms with van der Waals surface area (Å²) >= 11 is 0. The average molecular weight is 441 g/mol. The maximum Gasteiger partial charge on any atom is 0.159 e. The van der Waals surface area contributed by atoms with E-state index < -0.39 is 0 Å². The number of fused-ring (bicyclic) bond motifs is 1. The summed E-state index contributed by atoms with van der Waals surface area (Å²) in [7, 11) is 0. The van der Waals surface area contributed by atoms with Crippen LogP contribution in [0.15, 0.2) is 48.8 Å². The first kappa shape index (κ1) is 23.2.